The molecule has 0 N–H and O–H groups in total. The largest absolute Gasteiger partial charge is 0.358 e. The number of aromatic nitrogens is 8. The molecule has 387 valence electrons. The van der Waals surface area contributed by atoms with Crippen LogP contribution in [0.5, 0.6) is 0 Å². The van der Waals surface area contributed by atoms with Gasteiger partial charge in [0.2, 0.25) is 12.7 Å². The first-order valence-electron chi connectivity index (χ1n) is 26.8. The number of allylic oxidation sites excluding steroid dienone is 6. The van der Waals surface area contributed by atoms with Crippen LogP contribution in [0.15, 0.2) is 213 Å². The Hall–Kier alpha value is -9.40. The van der Waals surface area contributed by atoms with Crippen molar-refractivity contribution in [3.8, 4) is 67.8 Å². The summed E-state index contributed by atoms with van der Waals surface area (Å²) in [7, 11) is 4.16. The molecular formula is C71H51IrN8-3. The van der Waals surface area contributed by atoms with Crippen LogP contribution in [0.4, 0.5) is 0 Å². The summed E-state index contributed by atoms with van der Waals surface area (Å²) in [6, 6.07) is 68.8. The van der Waals surface area contributed by atoms with Crippen LogP contribution >= 0.6 is 0 Å². The molecule has 4 heterocycles. The number of imidazole rings is 2. The maximum atomic E-state index is 4.08. The molecular weight excluding hydrogens is 1160 g/mol. The van der Waals surface area contributed by atoms with Crippen LogP contribution in [-0.4, -0.2) is 24.4 Å². The molecule has 0 spiro atoms. The van der Waals surface area contributed by atoms with Gasteiger partial charge in [-0.15, -0.1) is 44.8 Å². The monoisotopic (exact) mass is 1210 g/mol. The Morgan fingerprint density at radius 2 is 0.950 bits per heavy atom. The Kier molecular flexibility index (Phi) is 13.4. The number of hydrogen-bond donors (Lipinski definition) is 0. The molecule has 16 rings (SSSR count). The van der Waals surface area contributed by atoms with Crippen LogP contribution in [0.3, 0.4) is 0 Å². The first-order chi connectivity index (χ1) is 39.1. The molecule has 12 aromatic rings. The van der Waals surface area contributed by atoms with E-state index in [2.05, 4.69) is 272 Å². The zero-order chi connectivity index (χ0) is 52.8. The number of aryl methyl sites for hydroxylation is 2. The van der Waals surface area contributed by atoms with Gasteiger partial charge in [0.15, 0.2) is 0 Å². The number of benzene rings is 8. The van der Waals surface area contributed by atoms with Crippen molar-refractivity contribution >= 4 is 44.8 Å². The van der Waals surface area contributed by atoms with Crippen LogP contribution in [-0.2, 0) is 47.0 Å². The molecule has 8 nitrogen and oxygen atoms in total. The molecule has 9 heteroatoms. The summed E-state index contributed by atoms with van der Waals surface area (Å²) in [4.78, 5) is 4.08. The summed E-state index contributed by atoms with van der Waals surface area (Å²) in [5.74, 6) is 0. The van der Waals surface area contributed by atoms with Crippen molar-refractivity contribution in [3.63, 3.8) is 0 Å². The van der Waals surface area contributed by atoms with E-state index in [0.29, 0.717) is 5.69 Å². The Morgan fingerprint density at radius 3 is 1.38 bits per heavy atom. The molecule has 8 aromatic carbocycles. The summed E-state index contributed by atoms with van der Waals surface area (Å²) >= 11 is 0. The van der Waals surface area contributed by atoms with Gasteiger partial charge in [-0.25, -0.2) is 0 Å². The Balaban J connectivity index is 0.000000126. The molecule has 80 heavy (non-hydrogen) atoms. The van der Waals surface area contributed by atoms with Gasteiger partial charge in [0.1, 0.15) is 0 Å². The van der Waals surface area contributed by atoms with Gasteiger partial charge in [-0.05, 0) is 86.3 Å². The summed E-state index contributed by atoms with van der Waals surface area (Å²) in [6.45, 7) is 0. The van der Waals surface area contributed by atoms with Crippen molar-refractivity contribution < 1.29 is 29.2 Å². The van der Waals surface area contributed by atoms with Crippen molar-refractivity contribution in [2.45, 2.75) is 25.7 Å². The van der Waals surface area contributed by atoms with E-state index in [1.807, 2.05) is 18.2 Å². The summed E-state index contributed by atoms with van der Waals surface area (Å²) in [5, 5.41) is 16.0. The second kappa shape index (κ2) is 21.4. The normalized spacial score (nSPS) is 13.1. The van der Waals surface area contributed by atoms with Gasteiger partial charge in [0.25, 0.3) is 0 Å². The minimum atomic E-state index is 0. The van der Waals surface area contributed by atoms with Gasteiger partial charge in [-0.1, -0.05) is 206 Å². The smallest absolute Gasteiger partial charge is 0.242 e. The molecule has 0 aliphatic heterocycles. The van der Waals surface area contributed by atoms with E-state index in [1.54, 1.807) is 12.4 Å². The van der Waals surface area contributed by atoms with Gasteiger partial charge in [0.05, 0.1) is 42.6 Å². The maximum absolute atomic E-state index is 4.08. The topological polar surface area (TPSA) is 70.4 Å². The van der Waals surface area contributed by atoms with Crippen LogP contribution in [0.1, 0.15) is 46.2 Å². The van der Waals surface area contributed by atoms with E-state index in [9.17, 15) is 0 Å². The minimum absolute atomic E-state index is 0. The molecule has 0 saturated carbocycles. The van der Waals surface area contributed by atoms with E-state index >= 15 is 0 Å². The van der Waals surface area contributed by atoms with Gasteiger partial charge in [-0.3, -0.25) is 10.2 Å². The molecule has 4 aliphatic carbocycles. The minimum Gasteiger partial charge on any atom is -0.358 e. The molecule has 1 radical (unpaired) electrons. The molecule has 4 aromatic heterocycles. The fourth-order valence-electron chi connectivity index (χ4n) is 12.0. The standard InChI is InChI=1S/2C32H23N2.C7H5N4.Ir/c2*1-33-21-34(32(26-11-6-3-7-12-26)31(33)25-9-4-2-5-10-25)28-20-18-24-16-15-22-13-8-14-23-17-19-27(28)30(24)29(22)23;1-2-4-8-6(3-1)7-5-9-11-10-7;/h2*2-12,14-15,17-19H,13,16H2,1H3;1-5H;/q3*-1;. The molecule has 0 atom stereocenters. The van der Waals surface area contributed by atoms with Crippen LogP contribution in [0, 0.1) is 24.8 Å². The molecule has 0 unspecified atom stereocenters. The first-order valence-corrected chi connectivity index (χ1v) is 26.8. The van der Waals surface area contributed by atoms with E-state index in [-0.39, 0.29) is 20.1 Å². The molecule has 4 aliphatic rings. The van der Waals surface area contributed by atoms with Crippen molar-refractivity contribution in [1.29, 1.82) is 0 Å². The molecule has 0 bridgehead atoms. The summed E-state index contributed by atoms with van der Waals surface area (Å²) < 4.78 is 8.65. The maximum Gasteiger partial charge on any atom is 0.242 e. The van der Waals surface area contributed by atoms with E-state index < -0.39 is 0 Å². The van der Waals surface area contributed by atoms with Crippen molar-refractivity contribution in [3.05, 3.63) is 271 Å². The predicted molar refractivity (Wildman–Crippen MR) is 315 cm³/mol. The summed E-state index contributed by atoms with van der Waals surface area (Å²) in [5.41, 5.74) is 23.9. The Morgan fingerprint density at radius 1 is 0.500 bits per heavy atom. The average Bonchev–Trinajstić information content (AvgIpc) is 4.35. The van der Waals surface area contributed by atoms with Gasteiger partial charge < -0.3 is 28.5 Å². The zero-order valence-electron chi connectivity index (χ0n) is 44.1. The average molecular weight is 1210 g/mol. The van der Waals surface area contributed by atoms with Crippen LogP contribution < -0.4 is 14.2 Å². The van der Waals surface area contributed by atoms with Gasteiger partial charge >= 0.3 is 0 Å². The second-order valence-electron chi connectivity index (χ2n) is 20.2. The third kappa shape index (κ3) is 8.91. The molecule has 0 fully saturated rings. The first kappa shape index (κ1) is 50.1. The number of pyridine rings is 1. The Bertz CT molecular complexity index is 4150. The van der Waals surface area contributed by atoms with Crippen molar-refractivity contribution in [2.24, 2.45) is 14.1 Å². The van der Waals surface area contributed by atoms with Crippen LogP contribution in [0.2, 0.25) is 0 Å². The summed E-state index contributed by atoms with van der Waals surface area (Å²) in [6.07, 6.45) is 28.4. The predicted octanol–water partition coefficient (Wildman–Crippen LogP) is 14.0. The molecule has 0 saturated heterocycles. The third-order valence-electron chi connectivity index (χ3n) is 15.5. The van der Waals surface area contributed by atoms with Gasteiger partial charge in [0, 0.05) is 26.3 Å². The third-order valence-corrected chi connectivity index (χ3v) is 15.5. The fraction of sp³-hybridized carbons (Fsp3) is 0.0845. The van der Waals surface area contributed by atoms with Crippen molar-refractivity contribution in [1.82, 2.24) is 29.5 Å². The van der Waals surface area contributed by atoms with Crippen molar-refractivity contribution in [2.75, 3.05) is 0 Å². The quantitative estimate of drug-likeness (QED) is 0.118. The van der Waals surface area contributed by atoms with Crippen LogP contribution in [0.25, 0.3) is 113 Å². The second-order valence-corrected chi connectivity index (χ2v) is 20.2. The zero-order valence-corrected chi connectivity index (χ0v) is 46.5. The number of rotatable bonds is 7. The number of nitrogens with zero attached hydrogens (tertiary/aromatic N) is 8. The van der Waals surface area contributed by atoms with E-state index in [1.165, 1.54) is 77.2 Å². The SMILES string of the molecule is C[n+]1[c-]n(-c2[c-]cc3c4c5c(ccc24)C=CCC5=CC3)c(-c2ccccc2)c1-c1ccccc1.C[n+]1[c-]n(-c2[c-]cc3c4c5c(ccc24)C=CCC5=CC3)c(-c2ccccc2)c1-c1ccccc1.[Ir].c1ccc(-c2cnn[n-]2)nc1. The van der Waals surface area contributed by atoms with Gasteiger partial charge in [-0.2, -0.15) is 24.3 Å². The van der Waals surface area contributed by atoms with E-state index in [4.69, 9.17) is 0 Å². The number of hydrogen-bond acceptors (Lipinski definition) is 3. The fourth-order valence-corrected chi connectivity index (χ4v) is 12.0. The Labute approximate surface area is 479 Å². The van der Waals surface area contributed by atoms with E-state index in [0.717, 1.165) is 76.7 Å². The molecule has 0 amide bonds.